The van der Waals surface area contributed by atoms with Gasteiger partial charge in [-0.2, -0.15) is 0 Å². The number of aromatic amines is 2. The second kappa shape index (κ2) is 8.54. The molecule has 0 saturated carbocycles. The van der Waals surface area contributed by atoms with Crippen molar-refractivity contribution in [2.45, 2.75) is 25.8 Å². The average molecular weight is 407 g/mol. The Bertz CT molecular complexity index is 1100. The van der Waals surface area contributed by atoms with Gasteiger partial charge in [-0.1, -0.05) is 18.2 Å². The molecule has 2 heterocycles. The third kappa shape index (κ3) is 4.44. The molecule has 8 nitrogen and oxygen atoms in total. The monoisotopic (exact) mass is 407 g/mol. The van der Waals surface area contributed by atoms with Crippen molar-refractivity contribution < 1.29 is 9.59 Å². The predicted octanol–water partition coefficient (Wildman–Crippen LogP) is 2.53. The zero-order valence-electron chi connectivity index (χ0n) is 16.8. The van der Waals surface area contributed by atoms with E-state index in [9.17, 15) is 14.4 Å². The van der Waals surface area contributed by atoms with Crippen LogP contribution in [0.1, 0.15) is 19.8 Å². The van der Waals surface area contributed by atoms with Crippen LogP contribution in [-0.2, 0) is 9.59 Å². The molecule has 0 spiro atoms. The molecule has 1 saturated heterocycles. The number of amides is 2. The Kier molecular flexibility index (Phi) is 5.67. The highest BCUT2D eigenvalue weighted by molar-refractivity contribution is 5.96. The number of nitrogens with one attached hydrogen (secondary N) is 4. The fourth-order valence-corrected chi connectivity index (χ4v) is 3.84. The lowest BCUT2D eigenvalue weighted by molar-refractivity contribution is -0.123. The molecule has 1 aliphatic rings. The first kappa shape index (κ1) is 19.9. The first-order valence-corrected chi connectivity index (χ1v) is 10.1. The van der Waals surface area contributed by atoms with E-state index in [0.717, 1.165) is 5.69 Å². The van der Waals surface area contributed by atoms with E-state index < -0.39 is 0 Å². The Morgan fingerprint density at radius 1 is 0.967 bits per heavy atom. The smallest absolute Gasteiger partial charge is 0.323 e. The van der Waals surface area contributed by atoms with Crippen molar-refractivity contribution in [1.29, 1.82) is 0 Å². The Hall–Kier alpha value is -3.39. The number of aromatic nitrogens is 2. The normalized spacial score (nSPS) is 16.3. The van der Waals surface area contributed by atoms with Gasteiger partial charge in [0.15, 0.2) is 0 Å². The lowest BCUT2D eigenvalue weighted by Crippen LogP contribution is -2.47. The maximum atomic E-state index is 12.7. The van der Waals surface area contributed by atoms with Crippen LogP contribution in [0.25, 0.3) is 11.0 Å². The van der Waals surface area contributed by atoms with Crippen LogP contribution in [0.2, 0.25) is 0 Å². The molecule has 1 aromatic heterocycles. The minimum absolute atomic E-state index is 0.0340. The second-order valence-corrected chi connectivity index (χ2v) is 7.67. The molecular weight excluding hydrogens is 382 g/mol. The number of hydrogen-bond acceptors (Lipinski definition) is 4. The van der Waals surface area contributed by atoms with Gasteiger partial charge in [-0.05, 0) is 63.2 Å². The quantitative estimate of drug-likeness (QED) is 0.521. The second-order valence-electron chi connectivity index (χ2n) is 7.67. The first-order valence-electron chi connectivity index (χ1n) is 10.1. The van der Waals surface area contributed by atoms with Gasteiger partial charge in [0.25, 0.3) is 0 Å². The highest BCUT2D eigenvalue weighted by Crippen LogP contribution is 2.22. The summed E-state index contributed by atoms with van der Waals surface area (Å²) in [5, 5.41) is 5.87. The topological polar surface area (TPSA) is 110 Å². The minimum atomic E-state index is -0.316. The van der Waals surface area contributed by atoms with Crippen molar-refractivity contribution in [3.8, 4) is 0 Å². The Morgan fingerprint density at radius 2 is 1.67 bits per heavy atom. The minimum Gasteiger partial charge on any atom is -0.326 e. The number of imidazole rings is 1. The van der Waals surface area contributed by atoms with E-state index in [1.165, 1.54) is 0 Å². The Labute approximate surface area is 173 Å². The summed E-state index contributed by atoms with van der Waals surface area (Å²) < 4.78 is 0. The number of carbonyl (C=O) groups is 2. The molecule has 4 N–H and O–H groups in total. The number of fused-ring (bicyclic) bond motifs is 1. The molecule has 0 radical (unpaired) electrons. The summed E-state index contributed by atoms with van der Waals surface area (Å²) in [6.07, 6.45) is 1.43. The summed E-state index contributed by atoms with van der Waals surface area (Å²) >= 11 is 0. The largest absolute Gasteiger partial charge is 0.326 e. The number of anilines is 2. The summed E-state index contributed by atoms with van der Waals surface area (Å²) in [4.78, 5) is 44.0. The fourth-order valence-electron chi connectivity index (χ4n) is 3.84. The van der Waals surface area contributed by atoms with Crippen LogP contribution in [0.15, 0.2) is 53.3 Å². The maximum absolute atomic E-state index is 12.7. The number of carbonyl (C=O) groups excluding carboxylic acids is 2. The molecule has 0 unspecified atom stereocenters. The lowest BCUT2D eigenvalue weighted by atomic mass is 9.94. The predicted molar refractivity (Wildman–Crippen MR) is 116 cm³/mol. The van der Waals surface area contributed by atoms with Crippen LogP contribution >= 0.6 is 0 Å². The number of rotatable bonds is 5. The molecule has 2 amide bonds. The van der Waals surface area contributed by atoms with Crippen LogP contribution < -0.4 is 16.3 Å². The summed E-state index contributed by atoms with van der Waals surface area (Å²) in [5.41, 5.74) is 2.50. The number of para-hydroxylation sites is 1. The van der Waals surface area contributed by atoms with Crippen LogP contribution in [0.3, 0.4) is 0 Å². The van der Waals surface area contributed by atoms with E-state index in [4.69, 9.17) is 0 Å². The average Bonchev–Trinajstić information content (AvgIpc) is 3.13. The van der Waals surface area contributed by atoms with Gasteiger partial charge in [0, 0.05) is 17.3 Å². The molecule has 30 heavy (non-hydrogen) atoms. The Balaban J connectivity index is 1.30. The van der Waals surface area contributed by atoms with Crippen molar-refractivity contribution in [2.24, 2.45) is 5.92 Å². The van der Waals surface area contributed by atoms with Gasteiger partial charge in [0.1, 0.15) is 0 Å². The van der Waals surface area contributed by atoms with Crippen molar-refractivity contribution in [2.75, 3.05) is 23.7 Å². The summed E-state index contributed by atoms with van der Waals surface area (Å²) in [7, 11) is 0. The Morgan fingerprint density at radius 3 is 2.40 bits per heavy atom. The number of nitrogens with zero attached hydrogens (tertiary/aromatic N) is 1. The third-order valence-corrected chi connectivity index (χ3v) is 5.65. The van der Waals surface area contributed by atoms with E-state index in [-0.39, 0.29) is 29.5 Å². The van der Waals surface area contributed by atoms with E-state index >= 15 is 0 Å². The molecule has 1 fully saturated rings. The van der Waals surface area contributed by atoms with Crippen molar-refractivity contribution in [3.63, 3.8) is 0 Å². The van der Waals surface area contributed by atoms with Crippen molar-refractivity contribution in [3.05, 3.63) is 59.0 Å². The van der Waals surface area contributed by atoms with Crippen molar-refractivity contribution >= 4 is 34.2 Å². The van der Waals surface area contributed by atoms with Crippen LogP contribution in [0.5, 0.6) is 0 Å². The molecule has 2 aromatic carbocycles. The number of benzene rings is 2. The standard InChI is InChI=1S/C22H25N5O3/c1-14(20(28)24-17-7-8-18-19(13-17)26-22(30)25-18)27-11-9-15(10-12-27)21(29)23-16-5-3-2-4-6-16/h2-8,13-15H,9-12H2,1H3,(H,23,29)(H,24,28)(H2,25,26,30)/t14-/m1/s1. The summed E-state index contributed by atoms with van der Waals surface area (Å²) in [6.45, 7) is 3.24. The van der Waals surface area contributed by atoms with Crippen LogP contribution in [0.4, 0.5) is 11.4 Å². The highest BCUT2D eigenvalue weighted by Gasteiger charge is 2.29. The van der Waals surface area contributed by atoms with E-state index in [1.54, 1.807) is 18.2 Å². The first-order chi connectivity index (χ1) is 14.5. The van der Waals surface area contributed by atoms with Gasteiger partial charge in [-0.3, -0.25) is 14.5 Å². The van der Waals surface area contributed by atoms with E-state index in [0.29, 0.717) is 42.7 Å². The van der Waals surface area contributed by atoms with Gasteiger partial charge in [0.2, 0.25) is 11.8 Å². The molecule has 156 valence electrons. The van der Waals surface area contributed by atoms with E-state index in [2.05, 4.69) is 25.5 Å². The zero-order chi connectivity index (χ0) is 21.1. The molecular formula is C22H25N5O3. The number of hydrogen-bond donors (Lipinski definition) is 4. The molecule has 8 heteroatoms. The molecule has 1 aliphatic heterocycles. The maximum Gasteiger partial charge on any atom is 0.323 e. The molecule has 1 atom stereocenters. The van der Waals surface area contributed by atoms with E-state index in [1.807, 2.05) is 37.3 Å². The summed E-state index contributed by atoms with van der Waals surface area (Å²) in [5.74, 6) is -0.129. The SMILES string of the molecule is C[C@H](C(=O)Nc1ccc2[nH]c(=O)[nH]c2c1)N1CCC(C(=O)Nc2ccccc2)CC1. The van der Waals surface area contributed by atoms with Gasteiger partial charge in [0.05, 0.1) is 17.1 Å². The lowest BCUT2D eigenvalue weighted by Gasteiger charge is -2.34. The zero-order valence-corrected chi connectivity index (χ0v) is 16.8. The highest BCUT2D eigenvalue weighted by atomic mass is 16.2. The number of likely N-dealkylation sites (tertiary alicyclic amines) is 1. The molecule has 0 bridgehead atoms. The molecule has 4 rings (SSSR count). The summed E-state index contributed by atoms with van der Waals surface area (Å²) in [6, 6.07) is 14.4. The molecule has 0 aliphatic carbocycles. The fraction of sp³-hybridized carbons (Fsp3) is 0.318. The van der Waals surface area contributed by atoms with Crippen LogP contribution in [0, 0.1) is 5.92 Å². The van der Waals surface area contributed by atoms with Gasteiger partial charge in [-0.25, -0.2) is 4.79 Å². The number of H-pyrrole nitrogens is 2. The third-order valence-electron chi connectivity index (χ3n) is 5.65. The van der Waals surface area contributed by atoms with Crippen molar-refractivity contribution in [1.82, 2.24) is 14.9 Å². The van der Waals surface area contributed by atoms with Gasteiger partial charge < -0.3 is 20.6 Å². The van der Waals surface area contributed by atoms with Crippen LogP contribution in [-0.4, -0.2) is 45.8 Å². The molecule has 3 aromatic rings. The number of piperidine rings is 1. The van der Waals surface area contributed by atoms with Gasteiger partial charge in [-0.15, -0.1) is 0 Å². The van der Waals surface area contributed by atoms with Gasteiger partial charge >= 0.3 is 5.69 Å².